The van der Waals surface area contributed by atoms with Crippen LogP contribution in [0.3, 0.4) is 0 Å². The molecule has 4 heteroatoms. The van der Waals surface area contributed by atoms with Gasteiger partial charge in [0.05, 0.1) is 23.4 Å². The Morgan fingerprint density at radius 3 is 2.72 bits per heavy atom. The number of para-hydroxylation sites is 1. The van der Waals surface area contributed by atoms with Crippen molar-refractivity contribution < 1.29 is 0 Å². The van der Waals surface area contributed by atoms with Gasteiger partial charge in [-0.2, -0.15) is 0 Å². The van der Waals surface area contributed by atoms with Crippen molar-refractivity contribution in [1.82, 2.24) is 15.0 Å². The fourth-order valence-corrected chi connectivity index (χ4v) is 3.84. The van der Waals surface area contributed by atoms with Gasteiger partial charge in [-0.3, -0.25) is 4.98 Å². The molecule has 128 valence electrons. The Kier molecular flexibility index (Phi) is 4.12. The standard InChI is InChI=1S/C21H24N4/c1-4-16-14(3)23-18-9-7-6-8-17(18)21(16)25-11-10-15-12-22-20(5-2)24-19(15)13-25/h6-9,12H,4-5,10-11,13H2,1-3H3. The second-order valence-electron chi connectivity index (χ2n) is 6.68. The molecular formula is C21H24N4. The van der Waals surface area contributed by atoms with Crippen LogP contribution in [0.15, 0.2) is 30.5 Å². The topological polar surface area (TPSA) is 41.9 Å². The number of aromatic nitrogens is 3. The summed E-state index contributed by atoms with van der Waals surface area (Å²) in [6, 6.07) is 8.48. The molecule has 0 N–H and O–H groups in total. The number of pyridine rings is 1. The lowest BCUT2D eigenvalue weighted by Crippen LogP contribution is -2.32. The van der Waals surface area contributed by atoms with Crippen LogP contribution in [-0.4, -0.2) is 21.5 Å². The van der Waals surface area contributed by atoms with E-state index in [9.17, 15) is 0 Å². The largest absolute Gasteiger partial charge is 0.364 e. The fraction of sp³-hybridized carbons (Fsp3) is 0.381. The third kappa shape index (κ3) is 2.76. The lowest BCUT2D eigenvalue weighted by atomic mass is 9.99. The van der Waals surface area contributed by atoms with E-state index in [4.69, 9.17) is 9.97 Å². The zero-order chi connectivity index (χ0) is 17.4. The molecule has 0 bridgehead atoms. The number of aryl methyl sites for hydroxylation is 2. The predicted molar refractivity (Wildman–Crippen MR) is 102 cm³/mol. The number of hydrogen-bond acceptors (Lipinski definition) is 4. The van der Waals surface area contributed by atoms with E-state index in [-0.39, 0.29) is 0 Å². The summed E-state index contributed by atoms with van der Waals surface area (Å²) in [5.74, 6) is 0.937. The maximum Gasteiger partial charge on any atom is 0.128 e. The van der Waals surface area contributed by atoms with Crippen molar-refractivity contribution in [3.8, 4) is 0 Å². The quantitative estimate of drug-likeness (QED) is 0.726. The van der Waals surface area contributed by atoms with Crippen molar-refractivity contribution in [2.45, 2.75) is 46.6 Å². The summed E-state index contributed by atoms with van der Waals surface area (Å²) in [4.78, 5) is 16.6. The smallest absolute Gasteiger partial charge is 0.128 e. The van der Waals surface area contributed by atoms with Crippen LogP contribution in [0.5, 0.6) is 0 Å². The van der Waals surface area contributed by atoms with Gasteiger partial charge in [-0.25, -0.2) is 9.97 Å². The third-order valence-corrected chi connectivity index (χ3v) is 5.15. The average Bonchev–Trinajstić information content (AvgIpc) is 2.66. The Balaban J connectivity index is 1.84. The molecule has 3 aromatic rings. The number of hydrogen-bond donors (Lipinski definition) is 0. The maximum atomic E-state index is 4.82. The van der Waals surface area contributed by atoms with Crippen LogP contribution in [0, 0.1) is 6.92 Å². The Bertz CT molecular complexity index is 933. The molecule has 0 atom stereocenters. The minimum absolute atomic E-state index is 0.852. The van der Waals surface area contributed by atoms with Crippen molar-refractivity contribution in [3.05, 3.63) is 58.8 Å². The molecule has 2 aromatic heterocycles. The second kappa shape index (κ2) is 6.43. The maximum absolute atomic E-state index is 4.82. The molecule has 0 radical (unpaired) electrons. The van der Waals surface area contributed by atoms with E-state index in [0.29, 0.717) is 0 Å². The molecule has 4 rings (SSSR count). The van der Waals surface area contributed by atoms with Gasteiger partial charge < -0.3 is 4.90 Å². The zero-order valence-electron chi connectivity index (χ0n) is 15.2. The Hall–Kier alpha value is -2.49. The molecule has 1 aliphatic heterocycles. The molecule has 1 aliphatic rings. The molecule has 0 saturated carbocycles. The molecule has 0 fully saturated rings. The molecule has 0 amide bonds. The first kappa shape index (κ1) is 16.0. The molecule has 0 aliphatic carbocycles. The van der Waals surface area contributed by atoms with E-state index in [1.807, 2.05) is 6.20 Å². The Morgan fingerprint density at radius 2 is 1.92 bits per heavy atom. The summed E-state index contributed by atoms with van der Waals surface area (Å²) >= 11 is 0. The van der Waals surface area contributed by atoms with Crippen LogP contribution < -0.4 is 4.90 Å². The molecule has 0 unspecified atom stereocenters. The van der Waals surface area contributed by atoms with Gasteiger partial charge in [0.2, 0.25) is 0 Å². The fourth-order valence-electron chi connectivity index (χ4n) is 3.84. The first-order chi connectivity index (χ1) is 12.2. The van der Waals surface area contributed by atoms with Crippen LogP contribution in [0.2, 0.25) is 0 Å². The van der Waals surface area contributed by atoms with Gasteiger partial charge in [-0.1, -0.05) is 32.0 Å². The van der Waals surface area contributed by atoms with Gasteiger partial charge >= 0.3 is 0 Å². The normalized spacial score (nSPS) is 14.0. The van der Waals surface area contributed by atoms with Crippen molar-refractivity contribution in [1.29, 1.82) is 0 Å². The van der Waals surface area contributed by atoms with Crippen LogP contribution in [-0.2, 0) is 25.8 Å². The van der Waals surface area contributed by atoms with Crippen LogP contribution in [0.25, 0.3) is 10.9 Å². The minimum Gasteiger partial charge on any atom is -0.364 e. The minimum atomic E-state index is 0.852. The predicted octanol–water partition coefficient (Wildman–Crippen LogP) is 4.02. The van der Waals surface area contributed by atoms with Crippen molar-refractivity contribution in [2.75, 3.05) is 11.4 Å². The summed E-state index contributed by atoms with van der Waals surface area (Å²) in [6.45, 7) is 8.31. The van der Waals surface area contributed by atoms with Crippen LogP contribution >= 0.6 is 0 Å². The van der Waals surface area contributed by atoms with E-state index in [0.717, 1.165) is 49.4 Å². The van der Waals surface area contributed by atoms with Gasteiger partial charge in [-0.05, 0) is 37.0 Å². The Morgan fingerprint density at radius 1 is 1.08 bits per heavy atom. The number of rotatable bonds is 3. The Labute approximate surface area is 149 Å². The van der Waals surface area contributed by atoms with E-state index < -0.39 is 0 Å². The number of fused-ring (bicyclic) bond motifs is 2. The van der Waals surface area contributed by atoms with Crippen LogP contribution in [0.1, 0.15) is 42.2 Å². The highest BCUT2D eigenvalue weighted by Crippen LogP contribution is 2.34. The lowest BCUT2D eigenvalue weighted by molar-refractivity contribution is 0.691. The first-order valence-corrected chi connectivity index (χ1v) is 9.18. The highest BCUT2D eigenvalue weighted by Gasteiger charge is 2.23. The van der Waals surface area contributed by atoms with Crippen molar-refractivity contribution in [3.63, 3.8) is 0 Å². The number of nitrogens with zero attached hydrogens (tertiary/aromatic N) is 4. The van der Waals surface area contributed by atoms with Crippen LogP contribution in [0.4, 0.5) is 5.69 Å². The number of anilines is 1. The molecule has 0 saturated heterocycles. The summed E-state index contributed by atoms with van der Waals surface area (Å²) in [5.41, 5.74) is 7.38. The molecule has 4 nitrogen and oxygen atoms in total. The summed E-state index contributed by atoms with van der Waals surface area (Å²) in [5, 5.41) is 1.25. The summed E-state index contributed by atoms with van der Waals surface area (Å²) < 4.78 is 0. The van der Waals surface area contributed by atoms with Crippen molar-refractivity contribution >= 4 is 16.6 Å². The van der Waals surface area contributed by atoms with E-state index >= 15 is 0 Å². The molecule has 25 heavy (non-hydrogen) atoms. The SMILES string of the molecule is CCc1ncc2c(n1)CN(c1c(CC)c(C)nc3ccccc13)CC2. The number of benzene rings is 1. The van der Waals surface area contributed by atoms with Gasteiger partial charge in [0.1, 0.15) is 5.82 Å². The van der Waals surface area contributed by atoms with Crippen molar-refractivity contribution in [2.24, 2.45) is 0 Å². The monoisotopic (exact) mass is 332 g/mol. The highest BCUT2D eigenvalue weighted by atomic mass is 15.2. The zero-order valence-corrected chi connectivity index (χ0v) is 15.2. The molecular weight excluding hydrogens is 308 g/mol. The second-order valence-corrected chi connectivity index (χ2v) is 6.68. The molecule has 0 spiro atoms. The highest BCUT2D eigenvalue weighted by molar-refractivity contribution is 5.94. The first-order valence-electron chi connectivity index (χ1n) is 9.18. The van der Waals surface area contributed by atoms with E-state index in [1.165, 1.54) is 27.9 Å². The van der Waals surface area contributed by atoms with E-state index in [1.54, 1.807) is 0 Å². The average molecular weight is 332 g/mol. The van der Waals surface area contributed by atoms with Gasteiger partial charge in [-0.15, -0.1) is 0 Å². The molecule has 3 heterocycles. The third-order valence-electron chi connectivity index (χ3n) is 5.15. The summed E-state index contributed by atoms with van der Waals surface area (Å²) in [6.07, 6.45) is 4.89. The van der Waals surface area contributed by atoms with Gasteiger partial charge in [0, 0.05) is 30.2 Å². The lowest BCUT2D eigenvalue weighted by Gasteiger charge is -2.33. The summed E-state index contributed by atoms with van der Waals surface area (Å²) in [7, 11) is 0. The molecule has 1 aromatic carbocycles. The van der Waals surface area contributed by atoms with Gasteiger partial charge in [0.15, 0.2) is 0 Å². The van der Waals surface area contributed by atoms with Gasteiger partial charge in [0.25, 0.3) is 0 Å². The van der Waals surface area contributed by atoms with E-state index in [2.05, 4.69) is 54.9 Å².